The molecule has 2 atom stereocenters. The van der Waals surface area contributed by atoms with Crippen LogP contribution in [0.25, 0.3) is 0 Å². The van der Waals surface area contributed by atoms with Gasteiger partial charge in [-0.25, -0.2) is 8.78 Å². The van der Waals surface area contributed by atoms with E-state index in [-0.39, 0.29) is 5.56 Å². The Morgan fingerprint density at radius 3 is 2.53 bits per heavy atom. The molecule has 0 spiro atoms. The summed E-state index contributed by atoms with van der Waals surface area (Å²) in [5.41, 5.74) is -0.343. The van der Waals surface area contributed by atoms with E-state index < -0.39 is 29.6 Å². The van der Waals surface area contributed by atoms with Gasteiger partial charge in [0.15, 0.2) is 11.6 Å². The Morgan fingerprint density at radius 1 is 1.40 bits per heavy atom. The average Bonchev–Trinajstić information content (AvgIpc) is 2.20. The highest BCUT2D eigenvalue weighted by Crippen LogP contribution is 2.25. The summed E-state index contributed by atoms with van der Waals surface area (Å²) in [7, 11) is 0. The molecule has 0 saturated heterocycles. The van der Waals surface area contributed by atoms with Gasteiger partial charge in [0, 0.05) is 5.56 Å². The predicted molar refractivity (Wildman–Crippen MR) is 48.1 cm³/mol. The summed E-state index contributed by atoms with van der Waals surface area (Å²) >= 11 is 0. The quantitative estimate of drug-likeness (QED) is 0.808. The van der Waals surface area contributed by atoms with Gasteiger partial charge < -0.3 is 10.2 Å². The highest BCUT2D eigenvalue weighted by Gasteiger charge is 2.26. The monoisotopic (exact) mass is 216 g/mol. The van der Waals surface area contributed by atoms with Gasteiger partial charge in [0.2, 0.25) is 0 Å². The van der Waals surface area contributed by atoms with E-state index >= 15 is 0 Å². The van der Waals surface area contributed by atoms with E-state index in [2.05, 4.69) is 0 Å². The van der Waals surface area contributed by atoms with Crippen LogP contribution < -0.4 is 0 Å². The van der Waals surface area contributed by atoms with Crippen LogP contribution in [0.2, 0.25) is 0 Å². The van der Waals surface area contributed by atoms with Crippen molar-refractivity contribution in [3.05, 3.63) is 35.4 Å². The lowest BCUT2D eigenvalue weighted by molar-refractivity contribution is -0.145. The molecule has 0 amide bonds. The molecule has 1 rings (SSSR count). The van der Waals surface area contributed by atoms with Gasteiger partial charge in [-0.3, -0.25) is 4.79 Å². The molecule has 1 aromatic carbocycles. The van der Waals surface area contributed by atoms with E-state index in [0.29, 0.717) is 0 Å². The van der Waals surface area contributed by atoms with E-state index in [4.69, 9.17) is 5.11 Å². The first-order valence-corrected chi connectivity index (χ1v) is 4.30. The first-order chi connectivity index (χ1) is 6.95. The number of aliphatic carboxylic acids is 1. The molecule has 0 fully saturated rings. The third kappa shape index (κ3) is 2.30. The number of carboxylic acids is 1. The molecule has 82 valence electrons. The molecule has 0 bridgehead atoms. The number of carbonyl (C=O) groups is 1. The summed E-state index contributed by atoms with van der Waals surface area (Å²) in [5.74, 6) is -4.78. The smallest absolute Gasteiger partial charge is 0.309 e. The van der Waals surface area contributed by atoms with Crippen molar-refractivity contribution in [1.82, 2.24) is 0 Å². The van der Waals surface area contributed by atoms with Gasteiger partial charge in [-0.05, 0) is 13.0 Å². The van der Waals surface area contributed by atoms with Crippen molar-refractivity contribution in [2.24, 2.45) is 5.92 Å². The van der Waals surface area contributed by atoms with Gasteiger partial charge in [-0.15, -0.1) is 0 Å². The van der Waals surface area contributed by atoms with E-state index in [1.807, 2.05) is 0 Å². The Morgan fingerprint density at radius 2 is 2.00 bits per heavy atom. The maximum Gasteiger partial charge on any atom is 0.309 e. The second kappa shape index (κ2) is 4.35. The van der Waals surface area contributed by atoms with Gasteiger partial charge >= 0.3 is 5.97 Å². The maximum atomic E-state index is 13.1. The standard InChI is InChI=1S/C10H10F2O3/c1-5(10(14)15)9(13)6-3-2-4-7(11)8(6)12/h2-5,9,13H,1H3,(H,14,15). The highest BCUT2D eigenvalue weighted by atomic mass is 19.2. The maximum absolute atomic E-state index is 13.1. The van der Waals surface area contributed by atoms with Crippen LogP contribution >= 0.6 is 0 Å². The number of rotatable bonds is 3. The van der Waals surface area contributed by atoms with Crippen molar-refractivity contribution in [2.75, 3.05) is 0 Å². The number of hydrogen-bond acceptors (Lipinski definition) is 2. The van der Waals surface area contributed by atoms with E-state index in [0.717, 1.165) is 12.1 Å². The lowest BCUT2D eigenvalue weighted by Gasteiger charge is -2.15. The molecule has 0 aliphatic heterocycles. The molecule has 0 aromatic heterocycles. The zero-order valence-corrected chi connectivity index (χ0v) is 7.95. The van der Waals surface area contributed by atoms with Crippen LogP contribution in [0.1, 0.15) is 18.6 Å². The minimum atomic E-state index is -1.56. The number of aliphatic hydroxyl groups excluding tert-OH is 1. The van der Waals surface area contributed by atoms with Gasteiger partial charge in [0.25, 0.3) is 0 Å². The molecule has 0 radical (unpaired) electrons. The molecular weight excluding hydrogens is 206 g/mol. The summed E-state index contributed by atoms with van der Waals surface area (Å²) in [6, 6.07) is 3.27. The number of benzene rings is 1. The molecule has 2 N–H and O–H groups in total. The highest BCUT2D eigenvalue weighted by molar-refractivity contribution is 5.70. The van der Waals surface area contributed by atoms with Crippen LogP contribution in [0.15, 0.2) is 18.2 Å². The van der Waals surface area contributed by atoms with Crippen LogP contribution in [0.5, 0.6) is 0 Å². The predicted octanol–water partition coefficient (Wildman–Crippen LogP) is 1.72. The Balaban J connectivity index is 3.06. The zero-order valence-electron chi connectivity index (χ0n) is 7.95. The Kier molecular flexibility index (Phi) is 3.36. The van der Waals surface area contributed by atoms with E-state index in [1.54, 1.807) is 0 Å². The summed E-state index contributed by atoms with van der Waals surface area (Å²) in [6.07, 6.45) is -1.56. The molecule has 3 nitrogen and oxygen atoms in total. The second-order valence-corrected chi connectivity index (χ2v) is 3.21. The number of halogens is 2. The van der Waals surface area contributed by atoms with Crippen molar-refractivity contribution >= 4 is 5.97 Å². The van der Waals surface area contributed by atoms with Gasteiger partial charge in [0.1, 0.15) is 0 Å². The van der Waals surface area contributed by atoms with Crippen molar-refractivity contribution in [3.63, 3.8) is 0 Å². The van der Waals surface area contributed by atoms with E-state index in [9.17, 15) is 18.7 Å². The first kappa shape index (κ1) is 11.6. The minimum Gasteiger partial charge on any atom is -0.481 e. The molecule has 15 heavy (non-hydrogen) atoms. The van der Waals surface area contributed by atoms with Crippen molar-refractivity contribution in [1.29, 1.82) is 0 Å². The van der Waals surface area contributed by atoms with Crippen LogP contribution in [0.4, 0.5) is 8.78 Å². The fourth-order valence-electron chi connectivity index (χ4n) is 1.15. The molecule has 1 aromatic rings. The first-order valence-electron chi connectivity index (χ1n) is 4.30. The number of aliphatic hydroxyl groups is 1. The van der Waals surface area contributed by atoms with Crippen molar-refractivity contribution in [2.45, 2.75) is 13.0 Å². The average molecular weight is 216 g/mol. The molecule has 0 aliphatic carbocycles. The molecule has 5 heteroatoms. The van der Waals surface area contributed by atoms with E-state index in [1.165, 1.54) is 13.0 Å². The minimum absolute atomic E-state index is 0.343. The summed E-state index contributed by atoms with van der Waals surface area (Å²) in [4.78, 5) is 10.5. The Hall–Kier alpha value is -1.49. The SMILES string of the molecule is CC(C(=O)O)C(O)c1cccc(F)c1F. The molecule has 0 saturated carbocycles. The third-order valence-corrected chi connectivity index (χ3v) is 2.16. The lowest BCUT2D eigenvalue weighted by atomic mass is 9.97. The molecule has 0 aliphatic rings. The normalized spacial score (nSPS) is 14.7. The summed E-state index contributed by atoms with van der Waals surface area (Å²) in [6.45, 7) is 1.22. The Bertz CT molecular complexity index is 379. The van der Waals surface area contributed by atoms with Crippen LogP contribution in [0, 0.1) is 17.6 Å². The molecule has 0 heterocycles. The van der Waals surface area contributed by atoms with Crippen LogP contribution in [-0.2, 0) is 4.79 Å². The number of hydrogen-bond donors (Lipinski definition) is 2. The lowest BCUT2D eigenvalue weighted by Crippen LogP contribution is -2.19. The van der Waals surface area contributed by atoms with Crippen molar-refractivity contribution < 1.29 is 23.8 Å². The topological polar surface area (TPSA) is 57.5 Å². The Labute approximate surface area is 85.0 Å². The third-order valence-electron chi connectivity index (χ3n) is 2.16. The van der Waals surface area contributed by atoms with Gasteiger partial charge in [-0.1, -0.05) is 12.1 Å². The summed E-state index contributed by atoms with van der Waals surface area (Å²) < 4.78 is 25.9. The van der Waals surface area contributed by atoms with Crippen LogP contribution in [-0.4, -0.2) is 16.2 Å². The fourth-order valence-corrected chi connectivity index (χ4v) is 1.15. The largest absolute Gasteiger partial charge is 0.481 e. The molecule has 2 unspecified atom stereocenters. The fraction of sp³-hybridized carbons (Fsp3) is 0.300. The number of carboxylic acid groups (broad SMARTS) is 1. The van der Waals surface area contributed by atoms with Gasteiger partial charge in [0.05, 0.1) is 12.0 Å². The second-order valence-electron chi connectivity index (χ2n) is 3.21. The van der Waals surface area contributed by atoms with Gasteiger partial charge in [-0.2, -0.15) is 0 Å². The zero-order chi connectivity index (χ0) is 11.6. The van der Waals surface area contributed by atoms with Crippen LogP contribution in [0.3, 0.4) is 0 Å². The molecular formula is C10H10F2O3. The summed E-state index contributed by atoms with van der Waals surface area (Å²) in [5, 5.41) is 18.1. The van der Waals surface area contributed by atoms with Crippen molar-refractivity contribution in [3.8, 4) is 0 Å².